The number of hydrogen-bond acceptors (Lipinski definition) is 3. The van der Waals surface area contributed by atoms with E-state index in [-0.39, 0.29) is 17.9 Å². The van der Waals surface area contributed by atoms with Gasteiger partial charge in [0.15, 0.2) is 0 Å². The number of halogens is 1. The highest BCUT2D eigenvalue weighted by molar-refractivity contribution is 5.76. The predicted octanol–water partition coefficient (Wildman–Crippen LogP) is 2.29. The van der Waals surface area contributed by atoms with Crippen molar-refractivity contribution in [2.24, 2.45) is 0 Å². The number of imidazole rings is 1. The fraction of sp³-hybridized carbons (Fsp3) is 0.533. The molecule has 1 unspecified atom stereocenters. The van der Waals surface area contributed by atoms with E-state index < -0.39 is 0 Å². The van der Waals surface area contributed by atoms with Gasteiger partial charge in [0.25, 0.3) is 0 Å². The minimum atomic E-state index is -0.218. The fourth-order valence-electron chi connectivity index (χ4n) is 2.81. The Hall–Kier alpha value is -1.46. The van der Waals surface area contributed by atoms with Gasteiger partial charge >= 0.3 is 0 Å². The van der Waals surface area contributed by atoms with E-state index in [0.717, 1.165) is 36.4 Å². The molecule has 0 bridgehead atoms. The first-order chi connectivity index (χ1) is 9.65. The molecule has 1 fully saturated rings. The van der Waals surface area contributed by atoms with Gasteiger partial charge in [-0.1, -0.05) is 0 Å². The average Bonchev–Trinajstić information content (AvgIpc) is 2.77. The summed E-state index contributed by atoms with van der Waals surface area (Å²) in [6, 6.07) is 5.31. The third-order valence-electron chi connectivity index (χ3n) is 3.67. The second kappa shape index (κ2) is 5.50. The Bertz CT molecular complexity index is 602. The Morgan fingerprint density at radius 2 is 2.35 bits per heavy atom. The molecule has 1 saturated heterocycles. The van der Waals surface area contributed by atoms with E-state index in [1.165, 1.54) is 6.07 Å². The summed E-state index contributed by atoms with van der Waals surface area (Å²) in [7, 11) is 0. The SMILES string of the molecule is CC(C)n1c(CC2COCCN2)nc2ccc(F)cc21. The van der Waals surface area contributed by atoms with Crippen LogP contribution in [-0.4, -0.2) is 35.4 Å². The molecular weight excluding hydrogens is 257 g/mol. The number of aromatic nitrogens is 2. The zero-order valence-electron chi connectivity index (χ0n) is 11.9. The molecule has 108 valence electrons. The third kappa shape index (κ3) is 2.55. The number of nitrogens with one attached hydrogen (secondary N) is 1. The van der Waals surface area contributed by atoms with Crippen LogP contribution in [0.4, 0.5) is 4.39 Å². The summed E-state index contributed by atoms with van der Waals surface area (Å²) in [5.41, 5.74) is 1.72. The number of nitrogens with zero attached hydrogens (tertiary/aromatic N) is 2. The van der Waals surface area contributed by atoms with Crippen molar-refractivity contribution in [3.63, 3.8) is 0 Å². The minimum absolute atomic E-state index is 0.218. The Labute approximate surface area is 117 Å². The van der Waals surface area contributed by atoms with Crippen molar-refractivity contribution in [3.05, 3.63) is 29.8 Å². The molecule has 0 spiro atoms. The molecule has 2 heterocycles. The van der Waals surface area contributed by atoms with Gasteiger partial charge in [0.05, 0.1) is 24.2 Å². The van der Waals surface area contributed by atoms with Crippen LogP contribution in [-0.2, 0) is 11.2 Å². The normalized spacial score (nSPS) is 19.9. The maximum atomic E-state index is 13.5. The number of ether oxygens (including phenoxy) is 1. The topological polar surface area (TPSA) is 39.1 Å². The van der Waals surface area contributed by atoms with Crippen molar-refractivity contribution in [1.29, 1.82) is 0 Å². The van der Waals surface area contributed by atoms with Gasteiger partial charge in [0.2, 0.25) is 0 Å². The van der Waals surface area contributed by atoms with Gasteiger partial charge in [0.1, 0.15) is 11.6 Å². The van der Waals surface area contributed by atoms with Crippen molar-refractivity contribution >= 4 is 11.0 Å². The molecule has 0 aliphatic carbocycles. The highest BCUT2D eigenvalue weighted by Gasteiger charge is 2.19. The zero-order chi connectivity index (χ0) is 14.1. The molecule has 4 nitrogen and oxygen atoms in total. The van der Waals surface area contributed by atoms with Gasteiger partial charge in [-0.2, -0.15) is 0 Å². The second-order valence-electron chi connectivity index (χ2n) is 5.55. The smallest absolute Gasteiger partial charge is 0.125 e. The van der Waals surface area contributed by atoms with Crippen LogP contribution in [0.25, 0.3) is 11.0 Å². The fourth-order valence-corrected chi connectivity index (χ4v) is 2.81. The largest absolute Gasteiger partial charge is 0.379 e. The third-order valence-corrected chi connectivity index (χ3v) is 3.67. The Morgan fingerprint density at radius 3 is 3.05 bits per heavy atom. The molecule has 0 saturated carbocycles. The lowest BCUT2D eigenvalue weighted by atomic mass is 10.2. The Kier molecular flexibility index (Phi) is 3.72. The lowest BCUT2D eigenvalue weighted by Crippen LogP contribution is -2.43. The molecule has 0 radical (unpaired) electrons. The van der Waals surface area contributed by atoms with Crippen LogP contribution in [0, 0.1) is 5.82 Å². The van der Waals surface area contributed by atoms with Gasteiger partial charge in [-0.15, -0.1) is 0 Å². The highest BCUT2D eigenvalue weighted by Crippen LogP contribution is 2.23. The van der Waals surface area contributed by atoms with E-state index >= 15 is 0 Å². The lowest BCUT2D eigenvalue weighted by Gasteiger charge is -2.24. The van der Waals surface area contributed by atoms with Crippen molar-refractivity contribution in [1.82, 2.24) is 14.9 Å². The molecule has 20 heavy (non-hydrogen) atoms. The number of fused-ring (bicyclic) bond motifs is 1. The number of rotatable bonds is 3. The Balaban J connectivity index is 1.98. The molecule has 1 aliphatic heterocycles. The first-order valence-electron chi connectivity index (χ1n) is 7.12. The summed E-state index contributed by atoms with van der Waals surface area (Å²) in [5, 5.41) is 3.44. The van der Waals surface area contributed by atoms with Crippen molar-refractivity contribution in [2.45, 2.75) is 32.4 Å². The monoisotopic (exact) mass is 277 g/mol. The number of hydrogen-bond donors (Lipinski definition) is 1. The molecule has 3 rings (SSSR count). The van der Waals surface area contributed by atoms with Crippen LogP contribution in [0.15, 0.2) is 18.2 Å². The molecule has 5 heteroatoms. The Morgan fingerprint density at radius 1 is 1.50 bits per heavy atom. The summed E-state index contributed by atoms with van der Waals surface area (Å²) < 4.78 is 21.1. The maximum absolute atomic E-state index is 13.5. The van der Waals surface area contributed by atoms with E-state index in [1.54, 1.807) is 12.1 Å². The first-order valence-corrected chi connectivity index (χ1v) is 7.12. The van der Waals surface area contributed by atoms with E-state index in [0.29, 0.717) is 6.61 Å². The van der Waals surface area contributed by atoms with Gasteiger partial charge in [-0.3, -0.25) is 0 Å². The van der Waals surface area contributed by atoms with Crippen molar-refractivity contribution < 1.29 is 9.13 Å². The molecule has 0 amide bonds. The molecule has 1 atom stereocenters. The minimum Gasteiger partial charge on any atom is -0.379 e. The quantitative estimate of drug-likeness (QED) is 0.935. The van der Waals surface area contributed by atoms with E-state index in [4.69, 9.17) is 4.74 Å². The number of morpholine rings is 1. The van der Waals surface area contributed by atoms with Gasteiger partial charge < -0.3 is 14.6 Å². The summed E-state index contributed by atoms with van der Waals surface area (Å²) in [6.07, 6.45) is 0.800. The van der Waals surface area contributed by atoms with Crippen LogP contribution < -0.4 is 5.32 Å². The summed E-state index contributed by atoms with van der Waals surface area (Å²) in [4.78, 5) is 4.67. The van der Waals surface area contributed by atoms with Gasteiger partial charge in [-0.05, 0) is 32.0 Å². The summed E-state index contributed by atoms with van der Waals surface area (Å²) in [5.74, 6) is 0.772. The number of benzene rings is 1. The predicted molar refractivity (Wildman–Crippen MR) is 76.4 cm³/mol. The van der Waals surface area contributed by atoms with E-state index in [2.05, 4.69) is 28.7 Å². The van der Waals surface area contributed by atoms with E-state index in [1.807, 2.05) is 0 Å². The average molecular weight is 277 g/mol. The first kappa shape index (κ1) is 13.5. The molecule has 2 aromatic rings. The lowest BCUT2D eigenvalue weighted by molar-refractivity contribution is 0.0761. The maximum Gasteiger partial charge on any atom is 0.125 e. The van der Waals surface area contributed by atoms with Crippen LogP contribution in [0.2, 0.25) is 0 Å². The standard InChI is InChI=1S/C15H20FN3O/c1-10(2)19-14-7-11(16)3-4-13(14)18-15(19)8-12-9-20-6-5-17-12/h3-4,7,10,12,17H,5-6,8-9H2,1-2H3. The molecule has 1 aromatic carbocycles. The van der Waals surface area contributed by atoms with Crippen molar-refractivity contribution in [2.75, 3.05) is 19.8 Å². The molecular formula is C15H20FN3O. The highest BCUT2D eigenvalue weighted by atomic mass is 19.1. The van der Waals surface area contributed by atoms with Crippen LogP contribution >= 0.6 is 0 Å². The molecule has 1 aliphatic rings. The van der Waals surface area contributed by atoms with E-state index in [9.17, 15) is 4.39 Å². The van der Waals surface area contributed by atoms with Crippen LogP contribution in [0.3, 0.4) is 0 Å². The zero-order valence-corrected chi connectivity index (χ0v) is 11.9. The van der Waals surface area contributed by atoms with Crippen molar-refractivity contribution in [3.8, 4) is 0 Å². The summed E-state index contributed by atoms with van der Waals surface area (Å²) >= 11 is 0. The summed E-state index contributed by atoms with van der Waals surface area (Å²) in [6.45, 7) is 6.54. The van der Waals surface area contributed by atoms with Gasteiger partial charge in [-0.25, -0.2) is 9.37 Å². The second-order valence-corrected chi connectivity index (χ2v) is 5.55. The van der Waals surface area contributed by atoms with Crippen LogP contribution in [0.5, 0.6) is 0 Å². The van der Waals surface area contributed by atoms with Crippen LogP contribution in [0.1, 0.15) is 25.7 Å². The molecule has 1 aromatic heterocycles. The van der Waals surface area contributed by atoms with Gasteiger partial charge in [0, 0.05) is 25.0 Å². The molecule has 1 N–H and O–H groups in total.